The van der Waals surface area contributed by atoms with Gasteiger partial charge in [-0.05, 0) is 28.5 Å². The van der Waals surface area contributed by atoms with Crippen molar-refractivity contribution in [2.24, 2.45) is 0 Å². The Labute approximate surface area is 235 Å². The van der Waals surface area contributed by atoms with Crippen LogP contribution < -0.4 is 0 Å². The van der Waals surface area contributed by atoms with Crippen LogP contribution >= 0.6 is 0 Å². The van der Waals surface area contributed by atoms with E-state index in [1.807, 2.05) is 85.1 Å². The Kier molecular flexibility index (Phi) is 5.38. The maximum absolute atomic E-state index is 6.14. The van der Waals surface area contributed by atoms with Gasteiger partial charge < -0.3 is 4.42 Å². The minimum Gasteiger partial charge on any atom is -0.454 e. The van der Waals surface area contributed by atoms with Gasteiger partial charge in [-0.1, -0.05) is 109 Å². The summed E-state index contributed by atoms with van der Waals surface area (Å²) in [5.41, 5.74) is 6.56. The number of fused-ring (bicyclic) bond motifs is 4. The second-order valence-electron chi connectivity index (χ2n) is 9.90. The Morgan fingerprint density at radius 3 is 1.61 bits per heavy atom. The zero-order valence-corrected chi connectivity index (χ0v) is 21.9. The zero-order valence-electron chi connectivity index (χ0n) is 21.9. The minimum absolute atomic E-state index is 0.630. The molecule has 0 bridgehead atoms. The fourth-order valence-electron chi connectivity index (χ4n) is 5.54. The first kappa shape index (κ1) is 23.2. The van der Waals surface area contributed by atoms with Crippen molar-refractivity contribution >= 4 is 32.7 Å². The molecule has 0 atom stereocenters. The Morgan fingerprint density at radius 1 is 0.390 bits per heavy atom. The van der Waals surface area contributed by atoms with E-state index in [0.29, 0.717) is 17.5 Å². The summed E-state index contributed by atoms with van der Waals surface area (Å²) >= 11 is 0. The summed E-state index contributed by atoms with van der Waals surface area (Å²) in [6, 6.07) is 40.9. The summed E-state index contributed by atoms with van der Waals surface area (Å²) in [5.74, 6) is 1.91. The topological polar surface area (TPSA) is 64.7 Å². The van der Waals surface area contributed by atoms with Crippen molar-refractivity contribution in [2.75, 3.05) is 0 Å². The van der Waals surface area contributed by atoms with Crippen molar-refractivity contribution < 1.29 is 4.42 Å². The number of furan rings is 1. The first-order chi connectivity index (χ1) is 20.3. The van der Waals surface area contributed by atoms with Crippen LogP contribution in [0.5, 0.6) is 0 Å². The van der Waals surface area contributed by atoms with Gasteiger partial charge in [-0.15, -0.1) is 0 Å². The van der Waals surface area contributed by atoms with Crippen LogP contribution in [0.2, 0.25) is 0 Å². The maximum atomic E-state index is 6.14. The molecule has 8 aromatic rings. The van der Waals surface area contributed by atoms with E-state index in [0.717, 1.165) is 60.5 Å². The van der Waals surface area contributed by atoms with Crippen molar-refractivity contribution in [3.8, 4) is 45.3 Å². The number of benzene rings is 5. The smallest absolute Gasteiger partial charge is 0.164 e. The molecule has 0 radical (unpaired) electrons. The van der Waals surface area contributed by atoms with Crippen LogP contribution in [-0.2, 0) is 0 Å². The molecular weight excluding hydrogens is 504 g/mol. The second kappa shape index (κ2) is 9.50. The average Bonchev–Trinajstić information content (AvgIpc) is 3.44. The summed E-state index contributed by atoms with van der Waals surface area (Å²) in [5, 5.41) is 4.28. The van der Waals surface area contributed by atoms with Crippen molar-refractivity contribution in [1.29, 1.82) is 0 Å². The Bertz CT molecular complexity index is 2150. The van der Waals surface area contributed by atoms with E-state index in [1.54, 1.807) is 6.20 Å². The SMILES string of the molecule is c1ccc(-c2nc(-c3ccccc3)nc(-c3ccc(-c4cncc5oc6ccccc6c45)c4ccccc34)n2)cc1. The Hall–Kier alpha value is -5.68. The molecule has 5 aromatic carbocycles. The molecule has 5 nitrogen and oxygen atoms in total. The highest BCUT2D eigenvalue weighted by Gasteiger charge is 2.18. The van der Waals surface area contributed by atoms with Crippen LogP contribution in [-0.4, -0.2) is 19.9 Å². The molecule has 41 heavy (non-hydrogen) atoms. The summed E-state index contributed by atoms with van der Waals surface area (Å²) in [7, 11) is 0. The van der Waals surface area contributed by atoms with E-state index in [1.165, 1.54) is 0 Å². The molecule has 5 heteroatoms. The molecule has 0 aliphatic heterocycles. The van der Waals surface area contributed by atoms with Gasteiger partial charge in [0.25, 0.3) is 0 Å². The van der Waals surface area contributed by atoms with Crippen LogP contribution in [0.3, 0.4) is 0 Å². The van der Waals surface area contributed by atoms with Gasteiger partial charge in [0.1, 0.15) is 5.58 Å². The van der Waals surface area contributed by atoms with Gasteiger partial charge in [0.05, 0.1) is 6.20 Å². The van der Waals surface area contributed by atoms with Crippen molar-refractivity contribution in [3.63, 3.8) is 0 Å². The zero-order chi connectivity index (χ0) is 27.2. The summed E-state index contributed by atoms with van der Waals surface area (Å²) < 4.78 is 6.14. The summed E-state index contributed by atoms with van der Waals surface area (Å²) in [6.45, 7) is 0. The summed E-state index contributed by atoms with van der Waals surface area (Å²) in [4.78, 5) is 19.4. The molecule has 0 aliphatic carbocycles. The number of rotatable bonds is 4. The van der Waals surface area contributed by atoms with E-state index in [2.05, 4.69) is 47.4 Å². The number of pyridine rings is 1. The first-order valence-electron chi connectivity index (χ1n) is 13.5. The predicted octanol–water partition coefficient (Wildman–Crippen LogP) is 8.99. The van der Waals surface area contributed by atoms with Crippen LogP contribution in [0, 0.1) is 0 Å². The van der Waals surface area contributed by atoms with Gasteiger partial charge in [-0.25, -0.2) is 15.0 Å². The highest BCUT2D eigenvalue weighted by molar-refractivity contribution is 6.16. The molecular formula is C36H22N4O. The number of nitrogens with zero attached hydrogens (tertiary/aromatic N) is 4. The molecule has 0 unspecified atom stereocenters. The average molecular weight is 527 g/mol. The van der Waals surface area contributed by atoms with Gasteiger partial charge in [-0.2, -0.15) is 0 Å². The normalized spacial score (nSPS) is 11.4. The standard InChI is InChI=1S/C36H22N4O/c1-3-11-23(12-4-1)34-38-35(24-13-5-2-6-14-24)40-36(39-34)28-20-19-27(25-15-7-8-16-26(25)28)30-21-37-22-32-33(30)29-17-9-10-18-31(29)41-32/h1-22H. The quantitative estimate of drug-likeness (QED) is 0.229. The summed E-state index contributed by atoms with van der Waals surface area (Å²) in [6.07, 6.45) is 3.71. The van der Waals surface area contributed by atoms with E-state index in [-0.39, 0.29) is 0 Å². The minimum atomic E-state index is 0.630. The maximum Gasteiger partial charge on any atom is 0.164 e. The highest BCUT2D eigenvalue weighted by atomic mass is 16.3. The molecule has 3 aromatic heterocycles. The van der Waals surface area contributed by atoms with Gasteiger partial charge in [0, 0.05) is 39.2 Å². The van der Waals surface area contributed by atoms with E-state index < -0.39 is 0 Å². The van der Waals surface area contributed by atoms with Gasteiger partial charge in [0.2, 0.25) is 0 Å². The lowest BCUT2D eigenvalue weighted by atomic mass is 9.93. The third-order valence-corrected chi connectivity index (χ3v) is 7.44. The van der Waals surface area contributed by atoms with Crippen molar-refractivity contribution in [3.05, 3.63) is 134 Å². The number of hydrogen-bond donors (Lipinski definition) is 0. The molecule has 0 saturated heterocycles. The van der Waals surface area contributed by atoms with Crippen LogP contribution in [0.15, 0.2) is 138 Å². The number of para-hydroxylation sites is 1. The molecule has 0 spiro atoms. The predicted molar refractivity (Wildman–Crippen MR) is 164 cm³/mol. The monoisotopic (exact) mass is 526 g/mol. The third-order valence-electron chi connectivity index (χ3n) is 7.44. The van der Waals surface area contributed by atoms with Gasteiger partial charge in [0.15, 0.2) is 23.1 Å². The number of hydrogen-bond acceptors (Lipinski definition) is 5. The molecule has 192 valence electrons. The Morgan fingerprint density at radius 2 is 0.927 bits per heavy atom. The molecule has 0 amide bonds. The van der Waals surface area contributed by atoms with Crippen LogP contribution in [0.25, 0.3) is 78.0 Å². The molecule has 0 saturated carbocycles. The van der Waals surface area contributed by atoms with Crippen LogP contribution in [0.4, 0.5) is 0 Å². The van der Waals surface area contributed by atoms with Crippen LogP contribution in [0.1, 0.15) is 0 Å². The van der Waals surface area contributed by atoms with Crippen molar-refractivity contribution in [2.45, 2.75) is 0 Å². The fraction of sp³-hybridized carbons (Fsp3) is 0. The second-order valence-corrected chi connectivity index (χ2v) is 9.90. The molecule has 0 N–H and O–H groups in total. The first-order valence-corrected chi connectivity index (χ1v) is 13.5. The van der Waals surface area contributed by atoms with Crippen molar-refractivity contribution in [1.82, 2.24) is 19.9 Å². The lowest BCUT2D eigenvalue weighted by Gasteiger charge is -2.13. The van der Waals surface area contributed by atoms with Gasteiger partial charge >= 0.3 is 0 Å². The molecule has 3 heterocycles. The van der Waals surface area contributed by atoms with E-state index in [4.69, 9.17) is 19.4 Å². The number of aromatic nitrogens is 4. The van der Waals surface area contributed by atoms with Gasteiger partial charge in [-0.3, -0.25) is 4.98 Å². The Balaban J connectivity index is 1.38. The third kappa shape index (κ3) is 3.95. The van der Waals surface area contributed by atoms with E-state index in [9.17, 15) is 0 Å². The molecule has 0 aliphatic rings. The largest absolute Gasteiger partial charge is 0.454 e. The molecule has 8 rings (SSSR count). The highest BCUT2D eigenvalue weighted by Crippen LogP contribution is 2.40. The fourth-order valence-corrected chi connectivity index (χ4v) is 5.54. The lowest BCUT2D eigenvalue weighted by molar-refractivity contribution is 0.667. The molecule has 0 fully saturated rings. The lowest BCUT2D eigenvalue weighted by Crippen LogP contribution is -2.00. The van der Waals surface area contributed by atoms with E-state index >= 15 is 0 Å².